The molecule has 1 aliphatic heterocycles. The highest BCUT2D eigenvalue weighted by Gasteiger charge is 2.46. The van der Waals surface area contributed by atoms with Crippen LogP contribution in [0.5, 0.6) is 11.5 Å². The van der Waals surface area contributed by atoms with Gasteiger partial charge in [-0.25, -0.2) is 14.6 Å². The van der Waals surface area contributed by atoms with Gasteiger partial charge in [0.15, 0.2) is 0 Å². The minimum atomic E-state index is -0.949. The van der Waals surface area contributed by atoms with E-state index in [1.54, 1.807) is 13.2 Å². The van der Waals surface area contributed by atoms with Gasteiger partial charge in [-0.2, -0.15) is 0 Å². The Morgan fingerprint density at radius 2 is 1.93 bits per heavy atom. The standard InChI is InChI=1S/C35H47N3O7/c1-8-10-11-13-22-14-12-15-29(22)45-34(41)37-31(35(3,4)5)32(39)38-21-25(20-28(38)33(40)43-7)44-30-19-23-18-24(42-6)16-17-27(23)36-26(30)9-2/h8-9,16-19,22,25,28-29,31H,1-2,10-15,20-21H2,3-7H3,(H,37,41)/t22-,25-,28+,29-,31-/m1/s1. The number of benzene rings is 1. The number of hydrogen-bond donors (Lipinski definition) is 1. The van der Waals surface area contributed by atoms with E-state index < -0.39 is 41.6 Å². The maximum atomic E-state index is 14.1. The van der Waals surface area contributed by atoms with E-state index in [1.165, 1.54) is 12.0 Å². The molecule has 1 aromatic heterocycles. The van der Waals surface area contributed by atoms with Crippen molar-refractivity contribution in [3.63, 3.8) is 0 Å². The summed E-state index contributed by atoms with van der Waals surface area (Å²) in [6.07, 6.45) is 8.09. The Balaban J connectivity index is 1.51. The van der Waals surface area contributed by atoms with E-state index in [-0.39, 0.29) is 19.1 Å². The highest BCUT2D eigenvalue weighted by Crippen LogP contribution is 2.34. The predicted octanol–water partition coefficient (Wildman–Crippen LogP) is 6.07. The van der Waals surface area contributed by atoms with Gasteiger partial charge in [0.05, 0.1) is 26.3 Å². The van der Waals surface area contributed by atoms with Gasteiger partial charge < -0.3 is 29.2 Å². The highest BCUT2D eigenvalue weighted by atomic mass is 16.6. The molecule has 1 aliphatic carbocycles. The molecule has 10 heteroatoms. The van der Waals surface area contributed by atoms with Crippen LogP contribution in [0, 0.1) is 11.3 Å². The molecule has 244 valence electrons. The summed E-state index contributed by atoms with van der Waals surface area (Å²) in [6.45, 7) is 13.4. The number of aromatic nitrogens is 1. The van der Waals surface area contributed by atoms with Gasteiger partial charge in [-0.1, -0.05) is 33.4 Å². The number of likely N-dealkylation sites (tertiary alicyclic amines) is 1. The van der Waals surface area contributed by atoms with Gasteiger partial charge in [0.25, 0.3) is 0 Å². The average Bonchev–Trinajstić information content (AvgIpc) is 3.64. The van der Waals surface area contributed by atoms with Crippen molar-refractivity contribution in [1.29, 1.82) is 0 Å². The van der Waals surface area contributed by atoms with Crippen molar-refractivity contribution in [2.75, 3.05) is 20.8 Å². The minimum absolute atomic E-state index is 0.114. The largest absolute Gasteiger partial charge is 0.497 e. The molecule has 2 fully saturated rings. The van der Waals surface area contributed by atoms with Crippen molar-refractivity contribution >= 4 is 34.9 Å². The van der Waals surface area contributed by atoms with Crippen molar-refractivity contribution in [1.82, 2.24) is 15.2 Å². The second-order valence-corrected chi connectivity index (χ2v) is 12.9. The SMILES string of the molecule is C=CCCC[C@@H]1CCC[C@H]1OC(=O)N[C@H](C(=O)N1C[C@H](Oc2cc3cc(OC)ccc3nc2C=C)C[C@H]1C(=O)OC)C(C)(C)C. The molecular weight excluding hydrogens is 574 g/mol. The molecule has 5 atom stereocenters. The average molecular weight is 622 g/mol. The third-order valence-corrected chi connectivity index (χ3v) is 8.73. The van der Waals surface area contributed by atoms with Gasteiger partial charge in [0, 0.05) is 11.8 Å². The van der Waals surface area contributed by atoms with Gasteiger partial charge in [-0.15, -0.1) is 6.58 Å². The molecule has 0 bridgehead atoms. The fourth-order valence-corrected chi connectivity index (χ4v) is 6.30. The van der Waals surface area contributed by atoms with Gasteiger partial charge in [-0.3, -0.25) is 4.79 Å². The Kier molecular flexibility index (Phi) is 11.1. The monoisotopic (exact) mass is 621 g/mol. The number of carbonyl (C=O) groups is 3. The van der Waals surface area contributed by atoms with E-state index in [0.717, 1.165) is 49.4 Å². The summed E-state index contributed by atoms with van der Waals surface area (Å²) in [5.41, 5.74) is 0.616. The number of rotatable bonds is 12. The van der Waals surface area contributed by atoms with E-state index >= 15 is 0 Å². The Bertz CT molecular complexity index is 1400. The number of methoxy groups -OCH3 is 2. The topological polar surface area (TPSA) is 116 Å². The van der Waals surface area contributed by atoms with Crippen molar-refractivity contribution in [3.05, 3.63) is 49.2 Å². The Morgan fingerprint density at radius 1 is 1.16 bits per heavy atom. The fourth-order valence-electron chi connectivity index (χ4n) is 6.30. The number of pyridine rings is 1. The molecule has 10 nitrogen and oxygen atoms in total. The molecule has 45 heavy (non-hydrogen) atoms. The van der Waals surface area contributed by atoms with Crippen LogP contribution in [0.15, 0.2) is 43.5 Å². The van der Waals surface area contributed by atoms with Crippen molar-refractivity contribution in [2.24, 2.45) is 11.3 Å². The fraction of sp³-hybridized carbons (Fsp3) is 0.543. The smallest absolute Gasteiger partial charge is 0.408 e. The zero-order valence-electron chi connectivity index (χ0n) is 27.2. The van der Waals surface area contributed by atoms with E-state index in [0.29, 0.717) is 23.1 Å². The molecule has 1 N–H and O–H groups in total. The molecule has 1 aromatic carbocycles. The number of fused-ring (bicyclic) bond motifs is 1. The van der Waals surface area contributed by atoms with Gasteiger partial charge in [0.2, 0.25) is 5.91 Å². The van der Waals surface area contributed by atoms with Crippen LogP contribution in [0.25, 0.3) is 17.0 Å². The molecule has 0 unspecified atom stereocenters. The summed E-state index contributed by atoms with van der Waals surface area (Å²) >= 11 is 0. The Labute approximate surface area is 266 Å². The molecular formula is C35H47N3O7. The maximum absolute atomic E-state index is 14.1. The number of unbranched alkanes of at least 4 members (excludes halogenated alkanes) is 1. The summed E-state index contributed by atoms with van der Waals surface area (Å²) in [6, 6.07) is 5.56. The van der Waals surface area contributed by atoms with E-state index in [1.807, 2.05) is 51.1 Å². The summed E-state index contributed by atoms with van der Waals surface area (Å²) in [7, 11) is 2.89. The number of nitrogens with one attached hydrogen (secondary N) is 1. The van der Waals surface area contributed by atoms with Crippen molar-refractivity contribution in [2.45, 2.75) is 90.0 Å². The van der Waals surface area contributed by atoms with E-state index in [9.17, 15) is 14.4 Å². The lowest BCUT2D eigenvalue weighted by Crippen LogP contribution is -2.57. The Morgan fingerprint density at radius 3 is 2.60 bits per heavy atom. The molecule has 2 amide bonds. The third kappa shape index (κ3) is 8.15. The normalized spacial score (nSPS) is 22.0. The molecule has 2 heterocycles. The van der Waals surface area contributed by atoms with Crippen LogP contribution in [0.1, 0.15) is 71.4 Å². The number of nitrogens with zero attached hydrogens (tertiary/aromatic N) is 2. The van der Waals surface area contributed by atoms with Crippen LogP contribution in [-0.4, -0.2) is 72.9 Å². The first kappa shape index (κ1) is 33.8. The van der Waals surface area contributed by atoms with Crippen LogP contribution in [0.4, 0.5) is 4.79 Å². The number of carbonyl (C=O) groups excluding carboxylic acids is 3. The predicted molar refractivity (Wildman–Crippen MR) is 173 cm³/mol. The number of ether oxygens (including phenoxy) is 4. The molecule has 2 aliphatic rings. The molecule has 0 spiro atoms. The number of alkyl carbamates (subject to hydrolysis) is 1. The van der Waals surface area contributed by atoms with Gasteiger partial charge in [-0.05, 0) is 80.2 Å². The van der Waals surface area contributed by atoms with Crippen LogP contribution in [0.2, 0.25) is 0 Å². The molecule has 1 saturated carbocycles. The second-order valence-electron chi connectivity index (χ2n) is 12.9. The van der Waals surface area contributed by atoms with Gasteiger partial charge >= 0.3 is 12.1 Å². The Hall–Kier alpha value is -4.08. The molecule has 2 aromatic rings. The molecule has 0 radical (unpaired) electrons. The summed E-state index contributed by atoms with van der Waals surface area (Å²) in [5, 5.41) is 3.65. The summed E-state index contributed by atoms with van der Waals surface area (Å²) < 4.78 is 22.7. The minimum Gasteiger partial charge on any atom is -0.497 e. The first-order valence-corrected chi connectivity index (χ1v) is 15.7. The first-order chi connectivity index (χ1) is 21.5. The lowest BCUT2D eigenvalue weighted by Gasteiger charge is -2.35. The number of amides is 2. The van der Waals surface area contributed by atoms with Gasteiger partial charge in [0.1, 0.15) is 41.5 Å². The maximum Gasteiger partial charge on any atom is 0.408 e. The van der Waals surface area contributed by atoms with Crippen LogP contribution in [-0.2, 0) is 19.1 Å². The lowest BCUT2D eigenvalue weighted by atomic mass is 9.85. The van der Waals surface area contributed by atoms with Crippen molar-refractivity contribution < 1.29 is 33.3 Å². The second kappa shape index (κ2) is 14.8. The number of allylic oxidation sites excluding steroid dienone is 1. The molecule has 1 saturated heterocycles. The van der Waals surface area contributed by atoms with E-state index in [2.05, 4.69) is 23.5 Å². The number of hydrogen-bond acceptors (Lipinski definition) is 8. The lowest BCUT2D eigenvalue weighted by molar-refractivity contribution is -0.152. The summed E-state index contributed by atoms with van der Waals surface area (Å²) in [5.74, 6) is 0.497. The third-order valence-electron chi connectivity index (χ3n) is 8.73. The molecule has 4 rings (SSSR count). The van der Waals surface area contributed by atoms with Crippen LogP contribution >= 0.6 is 0 Å². The quantitative estimate of drug-likeness (QED) is 0.172. The summed E-state index contributed by atoms with van der Waals surface area (Å²) in [4.78, 5) is 46.4. The zero-order valence-corrected chi connectivity index (χ0v) is 27.2. The van der Waals surface area contributed by atoms with Crippen molar-refractivity contribution in [3.8, 4) is 11.5 Å². The zero-order chi connectivity index (χ0) is 32.7. The first-order valence-electron chi connectivity index (χ1n) is 15.7. The number of esters is 1. The van der Waals surface area contributed by atoms with Crippen LogP contribution in [0.3, 0.4) is 0 Å². The highest BCUT2D eigenvalue weighted by molar-refractivity contribution is 5.91. The van der Waals surface area contributed by atoms with E-state index in [4.69, 9.17) is 18.9 Å². The van der Waals surface area contributed by atoms with Crippen LogP contribution < -0.4 is 14.8 Å².